The fraction of sp³-hybridized carbons (Fsp3) is 0.889. The molecule has 0 rings (SSSR count). The van der Waals surface area contributed by atoms with E-state index in [9.17, 15) is 0 Å². The lowest BCUT2D eigenvalue weighted by molar-refractivity contribution is 0.282. The van der Waals surface area contributed by atoms with Gasteiger partial charge in [-0.15, -0.1) is 0 Å². The third kappa shape index (κ3) is 6.58. The summed E-state index contributed by atoms with van der Waals surface area (Å²) in [6, 6.07) is 0. The standard InChI is InChI=1S/C9H22N3/c1-4-7-12(8-5-10-2)9-6-11-3/h10-11H,1,4-9H2,2-3H3. The van der Waals surface area contributed by atoms with Gasteiger partial charge in [0.2, 0.25) is 0 Å². The Hall–Kier alpha value is -0.120. The van der Waals surface area contributed by atoms with Gasteiger partial charge in [-0.1, -0.05) is 6.92 Å². The number of hydrogen-bond acceptors (Lipinski definition) is 3. The molecule has 0 atom stereocenters. The van der Waals surface area contributed by atoms with Crippen molar-refractivity contribution in [3.8, 4) is 0 Å². The van der Waals surface area contributed by atoms with Crippen LogP contribution in [0.25, 0.3) is 0 Å². The topological polar surface area (TPSA) is 27.3 Å². The molecule has 0 fully saturated rings. The van der Waals surface area contributed by atoms with E-state index in [1.54, 1.807) is 0 Å². The van der Waals surface area contributed by atoms with Crippen LogP contribution in [0.1, 0.15) is 6.42 Å². The third-order valence-electron chi connectivity index (χ3n) is 1.83. The van der Waals surface area contributed by atoms with Gasteiger partial charge in [0.1, 0.15) is 0 Å². The van der Waals surface area contributed by atoms with Gasteiger partial charge < -0.3 is 15.5 Å². The van der Waals surface area contributed by atoms with E-state index in [4.69, 9.17) is 0 Å². The first-order valence-electron chi connectivity index (χ1n) is 4.66. The molecule has 0 aromatic rings. The molecule has 0 unspecified atom stereocenters. The summed E-state index contributed by atoms with van der Waals surface area (Å²) >= 11 is 0. The Morgan fingerprint density at radius 3 is 1.83 bits per heavy atom. The molecule has 0 heterocycles. The first kappa shape index (κ1) is 11.9. The van der Waals surface area contributed by atoms with Crippen LogP contribution in [0.4, 0.5) is 0 Å². The smallest absolute Gasteiger partial charge is 0.0107 e. The van der Waals surface area contributed by atoms with Gasteiger partial charge in [0.25, 0.3) is 0 Å². The van der Waals surface area contributed by atoms with Crippen molar-refractivity contribution in [3.63, 3.8) is 0 Å². The Morgan fingerprint density at radius 1 is 1.00 bits per heavy atom. The van der Waals surface area contributed by atoms with E-state index < -0.39 is 0 Å². The lowest BCUT2D eigenvalue weighted by atomic mass is 10.4. The van der Waals surface area contributed by atoms with E-state index in [1.165, 1.54) is 0 Å². The Bertz CT molecular complexity index is 77.8. The molecule has 0 aromatic heterocycles. The number of rotatable bonds is 8. The second-order valence-electron chi connectivity index (χ2n) is 2.90. The van der Waals surface area contributed by atoms with Gasteiger partial charge in [-0.25, -0.2) is 0 Å². The van der Waals surface area contributed by atoms with Gasteiger partial charge >= 0.3 is 0 Å². The highest BCUT2D eigenvalue weighted by Crippen LogP contribution is 1.88. The lowest BCUT2D eigenvalue weighted by Crippen LogP contribution is -2.36. The molecule has 0 saturated heterocycles. The van der Waals surface area contributed by atoms with Gasteiger partial charge in [0.15, 0.2) is 0 Å². The summed E-state index contributed by atoms with van der Waals surface area (Å²) < 4.78 is 0. The monoisotopic (exact) mass is 172 g/mol. The minimum atomic E-state index is 0.993. The van der Waals surface area contributed by atoms with Crippen LogP contribution in [-0.2, 0) is 0 Å². The molecule has 73 valence electrons. The van der Waals surface area contributed by atoms with Crippen LogP contribution in [0.3, 0.4) is 0 Å². The van der Waals surface area contributed by atoms with Gasteiger partial charge in [-0.05, 0) is 27.1 Å². The second kappa shape index (κ2) is 8.97. The average molecular weight is 172 g/mol. The normalized spacial score (nSPS) is 11.0. The summed E-state index contributed by atoms with van der Waals surface area (Å²) in [5, 5.41) is 6.30. The van der Waals surface area contributed by atoms with Crippen molar-refractivity contribution in [1.82, 2.24) is 15.5 Å². The van der Waals surface area contributed by atoms with Gasteiger partial charge in [-0.2, -0.15) is 0 Å². The molecule has 1 radical (unpaired) electrons. The largest absolute Gasteiger partial charge is 0.318 e. The van der Waals surface area contributed by atoms with Crippen LogP contribution >= 0.6 is 0 Å². The maximum absolute atomic E-state index is 3.86. The molecule has 0 amide bonds. The van der Waals surface area contributed by atoms with Gasteiger partial charge in [-0.3, -0.25) is 0 Å². The molecule has 2 N–H and O–H groups in total. The highest BCUT2D eigenvalue weighted by molar-refractivity contribution is 4.60. The SMILES string of the molecule is [CH2]CCN(CCNC)CCNC. The second-order valence-corrected chi connectivity index (χ2v) is 2.90. The Kier molecular flexibility index (Phi) is 8.88. The summed E-state index contributed by atoms with van der Waals surface area (Å²) in [7, 11) is 3.97. The third-order valence-corrected chi connectivity index (χ3v) is 1.83. The summed E-state index contributed by atoms with van der Waals surface area (Å²) in [6.45, 7) is 9.32. The zero-order valence-electron chi connectivity index (χ0n) is 8.40. The van der Waals surface area contributed by atoms with Crippen LogP contribution in [0.2, 0.25) is 0 Å². The van der Waals surface area contributed by atoms with E-state index in [-0.39, 0.29) is 0 Å². The van der Waals surface area contributed by atoms with E-state index in [1.807, 2.05) is 14.1 Å². The Balaban J connectivity index is 3.40. The van der Waals surface area contributed by atoms with Crippen molar-refractivity contribution in [1.29, 1.82) is 0 Å². The molecule has 0 saturated carbocycles. The minimum Gasteiger partial charge on any atom is -0.318 e. The average Bonchev–Trinajstić information content (AvgIpc) is 2.10. The number of nitrogens with zero attached hydrogens (tertiary/aromatic N) is 1. The number of nitrogens with one attached hydrogen (secondary N) is 2. The molecule has 3 nitrogen and oxygen atoms in total. The predicted molar refractivity (Wildman–Crippen MR) is 54.3 cm³/mol. The molecule has 0 aliphatic heterocycles. The van der Waals surface area contributed by atoms with E-state index in [0.29, 0.717) is 0 Å². The molecule has 0 spiro atoms. The van der Waals surface area contributed by atoms with Crippen LogP contribution in [-0.4, -0.2) is 51.7 Å². The van der Waals surface area contributed by atoms with Gasteiger partial charge in [0.05, 0.1) is 0 Å². The number of hydrogen-bond donors (Lipinski definition) is 2. The van der Waals surface area contributed by atoms with Crippen LogP contribution in [0.5, 0.6) is 0 Å². The first-order valence-corrected chi connectivity index (χ1v) is 4.66. The Morgan fingerprint density at radius 2 is 1.50 bits per heavy atom. The Labute approximate surface area is 76.5 Å². The van der Waals surface area contributed by atoms with E-state index in [2.05, 4.69) is 22.5 Å². The van der Waals surface area contributed by atoms with Crippen LogP contribution in [0.15, 0.2) is 0 Å². The predicted octanol–water partition coefficient (Wildman–Crippen LogP) is -0.0486. The maximum Gasteiger partial charge on any atom is 0.0107 e. The lowest BCUT2D eigenvalue weighted by Gasteiger charge is -2.20. The molecular weight excluding hydrogens is 150 g/mol. The summed E-state index contributed by atoms with van der Waals surface area (Å²) in [6.07, 6.45) is 0.993. The fourth-order valence-electron chi connectivity index (χ4n) is 1.10. The minimum absolute atomic E-state index is 0.993. The van der Waals surface area contributed by atoms with Crippen LogP contribution < -0.4 is 10.6 Å². The van der Waals surface area contributed by atoms with E-state index in [0.717, 1.165) is 39.1 Å². The zero-order chi connectivity index (χ0) is 9.23. The van der Waals surface area contributed by atoms with E-state index >= 15 is 0 Å². The summed E-state index contributed by atoms with van der Waals surface area (Å²) in [5.74, 6) is 0. The van der Waals surface area contributed by atoms with Crippen LogP contribution in [0, 0.1) is 6.92 Å². The van der Waals surface area contributed by atoms with Crippen molar-refractivity contribution in [2.45, 2.75) is 6.42 Å². The molecule has 0 aliphatic carbocycles. The van der Waals surface area contributed by atoms with Crippen molar-refractivity contribution in [3.05, 3.63) is 6.92 Å². The molecule has 3 heteroatoms. The van der Waals surface area contributed by atoms with Crippen molar-refractivity contribution in [2.24, 2.45) is 0 Å². The van der Waals surface area contributed by atoms with Crippen molar-refractivity contribution in [2.75, 3.05) is 46.8 Å². The highest BCUT2D eigenvalue weighted by atomic mass is 15.1. The quantitative estimate of drug-likeness (QED) is 0.537. The molecule has 12 heavy (non-hydrogen) atoms. The van der Waals surface area contributed by atoms with Crippen molar-refractivity contribution < 1.29 is 0 Å². The number of likely N-dealkylation sites (N-methyl/N-ethyl adjacent to an activating group) is 2. The first-order chi connectivity index (χ1) is 5.85. The maximum atomic E-state index is 3.86. The summed E-state index contributed by atoms with van der Waals surface area (Å²) in [5.41, 5.74) is 0. The summed E-state index contributed by atoms with van der Waals surface area (Å²) in [4.78, 5) is 2.42. The zero-order valence-corrected chi connectivity index (χ0v) is 8.40. The molecule has 0 bridgehead atoms. The molecule has 0 aromatic carbocycles. The van der Waals surface area contributed by atoms with Crippen molar-refractivity contribution >= 4 is 0 Å². The van der Waals surface area contributed by atoms with Gasteiger partial charge in [0, 0.05) is 26.2 Å². The fourth-order valence-corrected chi connectivity index (χ4v) is 1.10. The molecular formula is C9H22N3. The molecule has 0 aliphatic rings. The highest BCUT2D eigenvalue weighted by Gasteiger charge is 2.00.